The molecule has 0 fully saturated rings. The van der Waals surface area contributed by atoms with Crippen LogP contribution in [0.3, 0.4) is 0 Å². The first-order chi connectivity index (χ1) is 9.81. The Kier molecular flexibility index (Phi) is 2.45. The molecule has 4 rings (SSSR count). The molecule has 20 heavy (non-hydrogen) atoms. The van der Waals surface area contributed by atoms with E-state index in [2.05, 4.69) is 27.2 Å². The lowest BCUT2D eigenvalue weighted by Crippen LogP contribution is -2.18. The fraction of sp³-hybridized carbons (Fsp3) is 0.267. The first-order valence-electron chi connectivity index (χ1n) is 6.86. The molecule has 1 aliphatic rings. The second-order valence-electron chi connectivity index (χ2n) is 5.21. The smallest absolute Gasteiger partial charge is 0.239 e. The third kappa shape index (κ3) is 1.74. The first-order valence-corrected chi connectivity index (χ1v) is 6.86. The molecule has 0 amide bonds. The molecule has 3 aromatic rings. The summed E-state index contributed by atoms with van der Waals surface area (Å²) in [6.45, 7) is 0.900. The van der Waals surface area contributed by atoms with Crippen molar-refractivity contribution in [3.8, 4) is 0 Å². The molecule has 2 aromatic heterocycles. The van der Waals surface area contributed by atoms with Crippen molar-refractivity contribution < 1.29 is 0 Å². The Labute approximate surface area is 116 Å². The van der Waals surface area contributed by atoms with Crippen LogP contribution >= 0.6 is 0 Å². The average molecular weight is 265 g/mol. The average Bonchev–Trinajstić information content (AvgIpc) is 2.86. The molecule has 2 N–H and O–H groups in total. The van der Waals surface area contributed by atoms with E-state index in [0.717, 1.165) is 36.1 Å². The maximum absolute atomic E-state index is 5.73. The van der Waals surface area contributed by atoms with Crippen LogP contribution in [-0.2, 0) is 6.54 Å². The van der Waals surface area contributed by atoms with Gasteiger partial charge in [-0.15, -0.1) is 5.10 Å². The Balaban J connectivity index is 1.83. The number of benzene rings is 1. The maximum Gasteiger partial charge on any atom is 0.239 e. The molecule has 0 aliphatic carbocycles. The first kappa shape index (κ1) is 11.4. The number of para-hydroxylation sites is 1. The summed E-state index contributed by atoms with van der Waals surface area (Å²) in [5, 5.41) is 5.41. The zero-order valence-electron chi connectivity index (χ0n) is 11.0. The summed E-state index contributed by atoms with van der Waals surface area (Å²) in [6, 6.07) is 10.4. The fourth-order valence-electron chi connectivity index (χ4n) is 2.96. The monoisotopic (exact) mass is 265 g/mol. The number of nitrogen functional groups attached to an aromatic ring is 1. The Morgan fingerprint density at radius 1 is 1.25 bits per heavy atom. The molecular weight excluding hydrogens is 250 g/mol. The van der Waals surface area contributed by atoms with Crippen LogP contribution in [0.1, 0.15) is 30.1 Å². The molecular formula is C15H15N5. The van der Waals surface area contributed by atoms with Gasteiger partial charge in [0.1, 0.15) is 5.82 Å². The standard InChI is InChI=1S/C15H15N5/c16-15-18-14-12(5-3-7-20(14)19-15)11-8-10-4-1-2-6-13(10)17-9-11/h1-2,4,6,8-9,12H,3,5,7H2,(H2,16,19). The topological polar surface area (TPSA) is 69.6 Å². The molecule has 100 valence electrons. The summed E-state index contributed by atoms with van der Waals surface area (Å²) in [7, 11) is 0. The van der Waals surface area contributed by atoms with Crippen molar-refractivity contribution in [3.05, 3.63) is 47.9 Å². The highest BCUT2D eigenvalue weighted by Gasteiger charge is 2.25. The van der Waals surface area contributed by atoms with Gasteiger partial charge >= 0.3 is 0 Å². The van der Waals surface area contributed by atoms with Gasteiger partial charge in [0.2, 0.25) is 5.95 Å². The molecule has 0 saturated carbocycles. The number of rotatable bonds is 1. The number of anilines is 1. The third-order valence-electron chi connectivity index (χ3n) is 3.91. The van der Waals surface area contributed by atoms with Gasteiger partial charge in [-0.2, -0.15) is 4.98 Å². The number of nitrogens with zero attached hydrogens (tertiary/aromatic N) is 4. The van der Waals surface area contributed by atoms with E-state index in [0.29, 0.717) is 5.95 Å². The summed E-state index contributed by atoms with van der Waals surface area (Å²) in [5.41, 5.74) is 7.94. The Morgan fingerprint density at radius 3 is 3.10 bits per heavy atom. The van der Waals surface area contributed by atoms with Crippen molar-refractivity contribution in [2.24, 2.45) is 0 Å². The van der Waals surface area contributed by atoms with Crippen LogP contribution in [-0.4, -0.2) is 19.7 Å². The zero-order valence-corrected chi connectivity index (χ0v) is 11.0. The molecule has 1 aromatic carbocycles. The number of nitrogens with two attached hydrogens (primary N) is 1. The fourth-order valence-corrected chi connectivity index (χ4v) is 2.96. The van der Waals surface area contributed by atoms with E-state index in [-0.39, 0.29) is 5.92 Å². The van der Waals surface area contributed by atoms with E-state index in [1.165, 1.54) is 5.56 Å². The predicted octanol–water partition coefficient (Wildman–Crippen LogP) is 2.33. The second kappa shape index (κ2) is 4.30. The second-order valence-corrected chi connectivity index (χ2v) is 5.21. The van der Waals surface area contributed by atoms with Gasteiger partial charge in [-0.05, 0) is 30.5 Å². The quantitative estimate of drug-likeness (QED) is 0.733. The lowest BCUT2D eigenvalue weighted by atomic mass is 9.91. The largest absolute Gasteiger partial charge is 0.366 e. The van der Waals surface area contributed by atoms with E-state index >= 15 is 0 Å². The molecule has 0 radical (unpaired) electrons. The van der Waals surface area contributed by atoms with Crippen LogP contribution in [0.15, 0.2) is 36.5 Å². The number of pyridine rings is 1. The molecule has 0 bridgehead atoms. The number of fused-ring (bicyclic) bond motifs is 2. The number of aryl methyl sites for hydroxylation is 1. The SMILES string of the molecule is Nc1nc2n(n1)CCCC2c1cnc2ccccc2c1. The van der Waals surface area contributed by atoms with Gasteiger partial charge in [-0.25, -0.2) is 4.68 Å². The molecule has 5 nitrogen and oxygen atoms in total. The van der Waals surface area contributed by atoms with E-state index < -0.39 is 0 Å². The highest BCUT2D eigenvalue weighted by Crippen LogP contribution is 2.33. The van der Waals surface area contributed by atoms with Crippen LogP contribution in [0.2, 0.25) is 0 Å². The van der Waals surface area contributed by atoms with Crippen molar-refractivity contribution in [1.29, 1.82) is 0 Å². The van der Waals surface area contributed by atoms with Crippen LogP contribution in [0, 0.1) is 0 Å². The molecule has 1 aliphatic heterocycles. The molecule has 5 heteroatoms. The molecule has 1 atom stereocenters. The summed E-state index contributed by atoms with van der Waals surface area (Å²) < 4.78 is 1.93. The van der Waals surface area contributed by atoms with E-state index in [1.807, 2.05) is 29.1 Å². The molecule has 0 spiro atoms. The van der Waals surface area contributed by atoms with Crippen LogP contribution < -0.4 is 5.73 Å². The van der Waals surface area contributed by atoms with Gasteiger partial charge in [0, 0.05) is 24.0 Å². The van der Waals surface area contributed by atoms with Crippen molar-refractivity contribution in [2.45, 2.75) is 25.3 Å². The van der Waals surface area contributed by atoms with Gasteiger partial charge in [0.05, 0.1) is 5.52 Å². The van der Waals surface area contributed by atoms with Gasteiger partial charge < -0.3 is 5.73 Å². The van der Waals surface area contributed by atoms with Crippen molar-refractivity contribution in [1.82, 2.24) is 19.7 Å². The van der Waals surface area contributed by atoms with E-state index in [9.17, 15) is 0 Å². The number of aromatic nitrogens is 4. The number of hydrogen-bond acceptors (Lipinski definition) is 4. The Bertz CT molecular complexity index is 777. The normalized spacial score (nSPS) is 18.1. The van der Waals surface area contributed by atoms with Gasteiger partial charge in [0.15, 0.2) is 0 Å². The lowest BCUT2D eigenvalue weighted by Gasteiger charge is -2.22. The van der Waals surface area contributed by atoms with Gasteiger partial charge in [-0.3, -0.25) is 4.98 Å². The van der Waals surface area contributed by atoms with Crippen LogP contribution in [0.25, 0.3) is 10.9 Å². The molecule has 1 unspecified atom stereocenters. The highest BCUT2D eigenvalue weighted by atomic mass is 15.4. The number of hydrogen-bond donors (Lipinski definition) is 1. The van der Waals surface area contributed by atoms with Crippen molar-refractivity contribution in [3.63, 3.8) is 0 Å². The lowest BCUT2D eigenvalue weighted by molar-refractivity contribution is 0.446. The van der Waals surface area contributed by atoms with Gasteiger partial charge in [-0.1, -0.05) is 18.2 Å². The molecule has 0 saturated heterocycles. The maximum atomic E-state index is 5.73. The van der Waals surface area contributed by atoms with E-state index in [4.69, 9.17) is 5.73 Å². The summed E-state index contributed by atoms with van der Waals surface area (Å²) >= 11 is 0. The molecule has 3 heterocycles. The zero-order chi connectivity index (χ0) is 13.5. The van der Waals surface area contributed by atoms with Crippen LogP contribution in [0.4, 0.5) is 5.95 Å². The van der Waals surface area contributed by atoms with E-state index in [1.54, 1.807) is 0 Å². The van der Waals surface area contributed by atoms with Crippen molar-refractivity contribution >= 4 is 16.9 Å². The Hall–Kier alpha value is -2.43. The minimum absolute atomic E-state index is 0.241. The predicted molar refractivity (Wildman–Crippen MR) is 77.3 cm³/mol. The summed E-state index contributed by atoms with van der Waals surface area (Å²) in [6.07, 6.45) is 4.11. The highest BCUT2D eigenvalue weighted by molar-refractivity contribution is 5.78. The minimum atomic E-state index is 0.241. The van der Waals surface area contributed by atoms with Gasteiger partial charge in [0.25, 0.3) is 0 Å². The van der Waals surface area contributed by atoms with Crippen LogP contribution in [0.5, 0.6) is 0 Å². The van der Waals surface area contributed by atoms with Crippen molar-refractivity contribution in [2.75, 3.05) is 5.73 Å². The Morgan fingerprint density at radius 2 is 2.15 bits per heavy atom. The minimum Gasteiger partial charge on any atom is -0.366 e. The summed E-state index contributed by atoms with van der Waals surface area (Å²) in [4.78, 5) is 8.94. The third-order valence-corrected chi connectivity index (χ3v) is 3.91. The summed E-state index contributed by atoms with van der Waals surface area (Å²) in [5.74, 6) is 1.57.